The molecule has 0 radical (unpaired) electrons. The summed E-state index contributed by atoms with van der Waals surface area (Å²) >= 11 is 0. The minimum atomic E-state index is -2.96. The van der Waals surface area contributed by atoms with Crippen molar-refractivity contribution in [2.24, 2.45) is 0 Å². The molecule has 2 aromatic rings. The van der Waals surface area contributed by atoms with Gasteiger partial charge in [0, 0.05) is 13.2 Å². The lowest BCUT2D eigenvalue weighted by molar-refractivity contribution is 0.290. The Balaban J connectivity index is 2.59. The summed E-state index contributed by atoms with van der Waals surface area (Å²) in [5.74, 6) is 0. The molecule has 0 saturated heterocycles. The predicted molar refractivity (Wildman–Crippen MR) is 128 cm³/mol. The Hall–Kier alpha value is -1.07. The molecule has 7 heteroatoms. The van der Waals surface area contributed by atoms with Crippen molar-refractivity contribution in [1.82, 2.24) is 0 Å². The SMILES string of the molecule is C[Si](C)(CCCO)O[Si](O[Si](C)(C)CCCO)(c1ccccc1)c1ccccc1. The van der Waals surface area contributed by atoms with Gasteiger partial charge in [-0.15, -0.1) is 0 Å². The van der Waals surface area contributed by atoms with Gasteiger partial charge in [0.05, 0.1) is 0 Å². The molecule has 0 aromatic heterocycles. The van der Waals surface area contributed by atoms with Crippen LogP contribution < -0.4 is 10.4 Å². The van der Waals surface area contributed by atoms with E-state index in [1.54, 1.807) is 0 Å². The molecule has 2 aromatic carbocycles. The lowest BCUT2D eigenvalue weighted by atomic mass is 10.4. The lowest BCUT2D eigenvalue weighted by Crippen LogP contribution is -2.70. The van der Waals surface area contributed by atoms with Crippen LogP contribution in [0.1, 0.15) is 12.8 Å². The summed E-state index contributed by atoms with van der Waals surface area (Å²) in [5, 5.41) is 21.0. The maximum atomic E-state index is 9.38. The molecule has 2 N–H and O–H groups in total. The molecule has 0 amide bonds. The van der Waals surface area contributed by atoms with Crippen molar-refractivity contribution in [3.8, 4) is 0 Å². The highest BCUT2D eigenvalue weighted by Crippen LogP contribution is 2.26. The standard InChI is InChI=1S/C22H36O4Si3/c1-27(2,19-11-17-23)25-29(21-13-7-5-8-14-21,22-15-9-6-10-16-22)26-28(3,4)20-12-18-24/h5-10,13-16,23-24H,11-12,17-20H2,1-4H3. The van der Waals surface area contributed by atoms with Crippen LogP contribution in [0.3, 0.4) is 0 Å². The molecule has 4 nitrogen and oxygen atoms in total. The molecule has 0 unspecified atom stereocenters. The van der Waals surface area contributed by atoms with E-state index in [1.165, 1.54) is 0 Å². The fourth-order valence-electron chi connectivity index (χ4n) is 3.63. The zero-order valence-corrected chi connectivity index (χ0v) is 21.2. The minimum Gasteiger partial charge on any atom is -0.430 e. The van der Waals surface area contributed by atoms with Gasteiger partial charge in [-0.3, -0.25) is 0 Å². The number of benzene rings is 2. The molecule has 2 rings (SSSR count). The third kappa shape index (κ3) is 6.99. The Bertz CT molecular complexity index is 660. The number of aliphatic hydroxyl groups excluding tert-OH is 2. The second kappa shape index (κ2) is 10.8. The topological polar surface area (TPSA) is 58.9 Å². The van der Waals surface area contributed by atoms with Crippen LogP contribution in [0.15, 0.2) is 60.7 Å². The van der Waals surface area contributed by atoms with Crippen LogP contribution in [0.5, 0.6) is 0 Å². The van der Waals surface area contributed by atoms with Gasteiger partial charge in [0.15, 0.2) is 16.6 Å². The van der Waals surface area contributed by atoms with Gasteiger partial charge in [0.2, 0.25) is 0 Å². The third-order valence-corrected chi connectivity index (χ3v) is 17.0. The number of hydrogen-bond acceptors (Lipinski definition) is 4. The Kier molecular flexibility index (Phi) is 9.02. The molecule has 0 aliphatic heterocycles. The Morgan fingerprint density at radius 2 is 0.966 bits per heavy atom. The first-order valence-electron chi connectivity index (χ1n) is 10.5. The molecule has 0 heterocycles. The largest absolute Gasteiger partial charge is 0.430 e. The van der Waals surface area contributed by atoms with Crippen LogP contribution in [0, 0.1) is 0 Å². The van der Waals surface area contributed by atoms with Crippen molar-refractivity contribution >= 4 is 35.6 Å². The van der Waals surface area contributed by atoms with E-state index < -0.39 is 25.2 Å². The highest BCUT2D eigenvalue weighted by atomic mass is 28.5. The Morgan fingerprint density at radius 1 is 0.621 bits per heavy atom. The Labute approximate surface area is 179 Å². The highest BCUT2D eigenvalue weighted by molar-refractivity contribution is 7.02. The van der Waals surface area contributed by atoms with E-state index in [9.17, 15) is 10.2 Å². The van der Waals surface area contributed by atoms with E-state index in [2.05, 4.69) is 74.7 Å². The number of rotatable bonds is 12. The van der Waals surface area contributed by atoms with E-state index in [1.807, 2.05) is 12.1 Å². The van der Waals surface area contributed by atoms with Crippen molar-refractivity contribution in [3.63, 3.8) is 0 Å². The molecular weight excluding hydrogens is 412 g/mol. The van der Waals surface area contributed by atoms with E-state index in [0.717, 1.165) is 35.3 Å². The van der Waals surface area contributed by atoms with Crippen LogP contribution in [-0.4, -0.2) is 48.6 Å². The molecule has 0 aliphatic carbocycles. The first-order valence-corrected chi connectivity index (χ1v) is 18.5. The van der Waals surface area contributed by atoms with Gasteiger partial charge in [-0.25, -0.2) is 0 Å². The molecule has 0 bridgehead atoms. The van der Waals surface area contributed by atoms with Crippen LogP contribution in [0.2, 0.25) is 38.3 Å². The molecule has 0 saturated carbocycles. The van der Waals surface area contributed by atoms with Crippen LogP contribution in [-0.2, 0) is 8.23 Å². The van der Waals surface area contributed by atoms with Crippen molar-refractivity contribution in [1.29, 1.82) is 0 Å². The molecule has 0 aliphatic rings. The maximum Gasteiger partial charge on any atom is 0.386 e. The minimum absolute atomic E-state index is 0.183. The van der Waals surface area contributed by atoms with Gasteiger partial charge in [0.25, 0.3) is 0 Å². The summed E-state index contributed by atoms with van der Waals surface area (Å²) in [6, 6.07) is 22.6. The quantitative estimate of drug-likeness (QED) is 0.488. The molecular formula is C22H36O4Si3. The van der Waals surface area contributed by atoms with Crippen molar-refractivity contribution in [2.75, 3.05) is 13.2 Å². The number of hydrogen-bond donors (Lipinski definition) is 2. The summed E-state index contributed by atoms with van der Waals surface area (Å²) in [6.45, 7) is 9.26. The third-order valence-electron chi connectivity index (χ3n) is 5.02. The molecule has 29 heavy (non-hydrogen) atoms. The van der Waals surface area contributed by atoms with Crippen molar-refractivity contribution < 1.29 is 18.4 Å². The summed E-state index contributed by atoms with van der Waals surface area (Å²) in [4.78, 5) is 0. The maximum absolute atomic E-state index is 9.38. The fraction of sp³-hybridized carbons (Fsp3) is 0.455. The first-order chi connectivity index (χ1) is 13.7. The smallest absolute Gasteiger partial charge is 0.386 e. The van der Waals surface area contributed by atoms with Crippen molar-refractivity contribution in [2.45, 2.75) is 51.1 Å². The van der Waals surface area contributed by atoms with Crippen molar-refractivity contribution in [3.05, 3.63) is 60.7 Å². The zero-order chi connectivity index (χ0) is 21.4. The summed E-state index contributed by atoms with van der Waals surface area (Å²) in [5.41, 5.74) is 0. The van der Waals surface area contributed by atoms with E-state index in [4.69, 9.17) is 8.23 Å². The van der Waals surface area contributed by atoms with Crippen LogP contribution in [0.25, 0.3) is 0 Å². The number of aliphatic hydroxyl groups is 2. The van der Waals surface area contributed by atoms with E-state index >= 15 is 0 Å². The van der Waals surface area contributed by atoms with Gasteiger partial charge in [-0.05, 0) is 61.5 Å². The molecule has 0 fully saturated rings. The summed E-state index contributed by atoms with van der Waals surface area (Å²) < 4.78 is 14.3. The van der Waals surface area contributed by atoms with Gasteiger partial charge in [0.1, 0.15) is 0 Å². The van der Waals surface area contributed by atoms with Gasteiger partial charge >= 0.3 is 8.56 Å². The lowest BCUT2D eigenvalue weighted by Gasteiger charge is -2.43. The summed E-state index contributed by atoms with van der Waals surface area (Å²) in [6.07, 6.45) is 1.50. The fourth-order valence-corrected chi connectivity index (χ4v) is 16.7. The molecule has 0 spiro atoms. The molecule has 160 valence electrons. The second-order valence-corrected chi connectivity index (χ2v) is 20.8. The van der Waals surface area contributed by atoms with E-state index in [0.29, 0.717) is 0 Å². The van der Waals surface area contributed by atoms with Gasteiger partial charge < -0.3 is 18.4 Å². The monoisotopic (exact) mass is 448 g/mol. The highest BCUT2D eigenvalue weighted by Gasteiger charge is 2.50. The first kappa shape index (κ1) is 24.2. The van der Waals surface area contributed by atoms with E-state index in [-0.39, 0.29) is 13.2 Å². The van der Waals surface area contributed by atoms with Gasteiger partial charge in [-0.2, -0.15) is 0 Å². The van der Waals surface area contributed by atoms with Crippen LogP contribution in [0.4, 0.5) is 0 Å². The average molecular weight is 449 g/mol. The normalized spacial score (nSPS) is 12.9. The van der Waals surface area contributed by atoms with Crippen LogP contribution >= 0.6 is 0 Å². The molecule has 0 atom stereocenters. The zero-order valence-electron chi connectivity index (χ0n) is 18.2. The Morgan fingerprint density at radius 3 is 1.28 bits per heavy atom. The predicted octanol–water partition coefficient (Wildman–Crippen LogP) is 3.45. The average Bonchev–Trinajstić information content (AvgIpc) is 2.71. The second-order valence-electron chi connectivity index (χ2n) is 8.73. The summed E-state index contributed by atoms with van der Waals surface area (Å²) in [7, 11) is -7.17. The van der Waals surface area contributed by atoms with Gasteiger partial charge in [-0.1, -0.05) is 60.7 Å².